The Morgan fingerprint density at radius 1 is 1.15 bits per heavy atom. The predicted octanol–water partition coefficient (Wildman–Crippen LogP) is 3.72. The van der Waals surface area contributed by atoms with Gasteiger partial charge < -0.3 is 4.90 Å². The summed E-state index contributed by atoms with van der Waals surface area (Å²) in [5.41, 5.74) is 3.93. The first-order valence-corrected chi connectivity index (χ1v) is 7.32. The summed E-state index contributed by atoms with van der Waals surface area (Å²) < 4.78 is 0. The summed E-state index contributed by atoms with van der Waals surface area (Å²) in [7, 11) is 0. The molecule has 0 unspecified atom stereocenters. The molecule has 0 atom stereocenters. The van der Waals surface area contributed by atoms with Gasteiger partial charge in [0.1, 0.15) is 0 Å². The number of carbonyl (C=O) groups excluding carboxylic acids is 1. The number of amides is 1. The maximum Gasteiger partial charge on any atom is 0.253 e. The van der Waals surface area contributed by atoms with Gasteiger partial charge in [-0.25, -0.2) is 0 Å². The van der Waals surface area contributed by atoms with Crippen molar-refractivity contribution in [3.63, 3.8) is 0 Å². The van der Waals surface area contributed by atoms with Gasteiger partial charge in [0.2, 0.25) is 0 Å². The van der Waals surface area contributed by atoms with Gasteiger partial charge in [-0.15, -0.1) is 0 Å². The van der Waals surface area contributed by atoms with Gasteiger partial charge in [0.15, 0.2) is 0 Å². The van der Waals surface area contributed by atoms with E-state index in [1.165, 1.54) is 5.56 Å². The van der Waals surface area contributed by atoms with E-state index in [4.69, 9.17) is 0 Å². The maximum atomic E-state index is 12.2. The van der Waals surface area contributed by atoms with E-state index in [1.54, 1.807) is 0 Å². The minimum Gasteiger partial charge on any atom is -0.339 e. The van der Waals surface area contributed by atoms with Crippen molar-refractivity contribution in [2.45, 2.75) is 34.1 Å². The summed E-state index contributed by atoms with van der Waals surface area (Å²) in [5.74, 6) is 0.142. The lowest BCUT2D eigenvalue weighted by atomic mass is 10.0. The molecule has 1 aliphatic rings. The van der Waals surface area contributed by atoms with Gasteiger partial charge in [-0.05, 0) is 50.1 Å². The maximum absolute atomic E-state index is 12.2. The fraction of sp³-hybridized carbons (Fsp3) is 0.412. The Labute approximate surface area is 120 Å². The van der Waals surface area contributed by atoms with E-state index in [0.717, 1.165) is 41.7 Å². The molecule has 3 nitrogen and oxygen atoms in total. The van der Waals surface area contributed by atoms with Crippen molar-refractivity contribution in [3.05, 3.63) is 41.1 Å². The Morgan fingerprint density at radius 2 is 1.85 bits per heavy atom. The largest absolute Gasteiger partial charge is 0.339 e. The van der Waals surface area contributed by atoms with Crippen LogP contribution < -0.4 is 0 Å². The highest BCUT2D eigenvalue weighted by Crippen LogP contribution is 2.21. The minimum atomic E-state index is 0.142. The summed E-state index contributed by atoms with van der Waals surface area (Å²) in [6.45, 7) is 9.84. The first-order chi connectivity index (χ1) is 9.65. The lowest BCUT2D eigenvalue weighted by Crippen LogP contribution is -2.41. The van der Waals surface area contributed by atoms with Crippen LogP contribution in [0, 0.1) is 13.8 Å². The van der Waals surface area contributed by atoms with E-state index >= 15 is 0 Å². The van der Waals surface area contributed by atoms with Gasteiger partial charge >= 0.3 is 0 Å². The highest BCUT2D eigenvalue weighted by atomic mass is 16.2. The Bertz CT molecular complexity index is 630. The predicted molar refractivity (Wildman–Crippen MR) is 83.1 cm³/mol. The number of hydrogen-bond donors (Lipinski definition) is 0. The van der Waals surface area contributed by atoms with E-state index < -0.39 is 0 Å². The number of likely N-dealkylation sites (tertiary alicyclic amines) is 1. The Hall–Kier alpha value is -1.90. The molecular formula is C17H22N2O. The molecule has 0 aliphatic carbocycles. The van der Waals surface area contributed by atoms with Crippen LogP contribution in [0.3, 0.4) is 0 Å². The van der Waals surface area contributed by atoms with Gasteiger partial charge in [0.05, 0.1) is 5.52 Å². The van der Waals surface area contributed by atoms with E-state index in [2.05, 4.69) is 18.0 Å². The van der Waals surface area contributed by atoms with E-state index in [0.29, 0.717) is 0 Å². The fourth-order valence-corrected chi connectivity index (χ4v) is 2.40. The van der Waals surface area contributed by atoms with E-state index in [1.807, 2.05) is 43.9 Å². The van der Waals surface area contributed by atoms with Crippen molar-refractivity contribution < 1.29 is 4.79 Å². The number of fused-ring (bicyclic) bond motifs is 1. The van der Waals surface area contributed by atoms with Crippen LogP contribution in [0.1, 0.15) is 41.9 Å². The van der Waals surface area contributed by atoms with Crippen LogP contribution >= 0.6 is 0 Å². The van der Waals surface area contributed by atoms with Crippen molar-refractivity contribution in [2.75, 3.05) is 13.1 Å². The third kappa shape index (κ3) is 2.67. The van der Waals surface area contributed by atoms with Gasteiger partial charge in [0, 0.05) is 29.7 Å². The molecule has 0 spiro atoms. The Morgan fingerprint density at radius 3 is 2.45 bits per heavy atom. The molecule has 3 rings (SSSR count). The zero-order valence-electron chi connectivity index (χ0n) is 12.7. The van der Waals surface area contributed by atoms with Crippen LogP contribution in [0.25, 0.3) is 10.9 Å². The number of aromatic nitrogens is 1. The van der Waals surface area contributed by atoms with Crippen LogP contribution in [0.15, 0.2) is 24.3 Å². The zero-order valence-corrected chi connectivity index (χ0v) is 12.7. The number of hydrogen-bond acceptors (Lipinski definition) is 2. The summed E-state index contributed by atoms with van der Waals surface area (Å²) in [5, 5.41) is 1.08. The van der Waals surface area contributed by atoms with Gasteiger partial charge in [-0.3, -0.25) is 9.78 Å². The molecule has 0 saturated carbocycles. The average molecular weight is 270 g/mol. The molecule has 2 aromatic rings. The molecule has 20 heavy (non-hydrogen) atoms. The molecule has 1 fully saturated rings. The zero-order chi connectivity index (χ0) is 14.7. The van der Waals surface area contributed by atoms with Crippen LogP contribution in [-0.4, -0.2) is 28.9 Å². The molecule has 106 valence electrons. The minimum absolute atomic E-state index is 0.142. The van der Waals surface area contributed by atoms with Crippen LogP contribution in [0.4, 0.5) is 0 Å². The second-order valence-electron chi connectivity index (χ2n) is 4.96. The Balaban J connectivity index is 0.000000704. The second-order valence-corrected chi connectivity index (χ2v) is 4.96. The highest BCUT2D eigenvalue weighted by Gasteiger charge is 2.21. The molecule has 1 aromatic carbocycles. The topological polar surface area (TPSA) is 33.2 Å². The number of aryl methyl sites for hydroxylation is 2. The SMILES string of the molecule is CC.Cc1cc(C)c2cc(C(=O)N3CCC3)ccc2n1. The third-order valence-corrected chi connectivity index (χ3v) is 3.53. The number of carbonyl (C=O) groups is 1. The smallest absolute Gasteiger partial charge is 0.253 e. The van der Waals surface area contributed by atoms with Crippen molar-refractivity contribution in [3.8, 4) is 0 Å². The van der Waals surface area contributed by atoms with E-state index in [-0.39, 0.29) is 5.91 Å². The number of rotatable bonds is 1. The number of nitrogens with zero attached hydrogens (tertiary/aromatic N) is 2. The molecule has 1 amide bonds. The highest BCUT2D eigenvalue weighted by molar-refractivity contribution is 5.98. The molecule has 0 radical (unpaired) electrons. The van der Waals surface area contributed by atoms with Gasteiger partial charge in [-0.2, -0.15) is 0 Å². The summed E-state index contributed by atoms with van der Waals surface area (Å²) in [4.78, 5) is 18.5. The van der Waals surface area contributed by atoms with Crippen LogP contribution in [-0.2, 0) is 0 Å². The van der Waals surface area contributed by atoms with Crippen LogP contribution in [0.5, 0.6) is 0 Å². The van der Waals surface area contributed by atoms with Crippen molar-refractivity contribution in [2.24, 2.45) is 0 Å². The van der Waals surface area contributed by atoms with Gasteiger partial charge in [-0.1, -0.05) is 13.8 Å². The standard InChI is InChI=1S/C15H16N2O.C2H6/c1-10-8-11(2)16-14-5-4-12(9-13(10)14)15(18)17-6-3-7-17;1-2/h4-5,8-9H,3,6-7H2,1-2H3;1-2H3. The fourth-order valence-electron chi connectivity index (χ4n) is 2.40. The number of pyridine rings is 1. The molecule has 1 aromatic heterocycles. The first-order valence-electron chi connectivity index (χ1n) is 7.32. The summed E-state index contributed by atoms with van der Waals surface area (Å²) in [6, 6.07) is 7.86. The van der Waals surface area contributed by atoms with Crippen molar-refractivity contribution in [1.82, 2.24) is 9.88 Å². The molecule has 1 aliphatic heterocycles. The van der Waals surface area contributed by atoms with Crippen LogP contribution in [0.2, 0.25) is 0 Å². The van der Waals surface area contributed by atoms with Gasteiger partial charge in [0.25, 0.3) is 5.91 Å². The summed E-state index contributed by atoms with van der Waals surface area (Å²) in [6.07, 6.45) is 1.12. The Kier molecular flexibility index (Phi) is 4.38. The lowest BCUT2D eigenvalue weighted by molar-refractivity contribution is 0.0652. The normalized spacial score (nSPS) is 13.5. The summed E-state index contributed by atoms with van der Waals surface area (Å²) >= 11 is 0. The lowest BCUT2D eigenvalue weighted by Gasteiger charge is -2.31. The second kappa shape index (κ2) is 6.04. The molecule has 1 saturated heterocycles. The molecule has 0 bridgehead atoms. The quantitative estimate of drug-likeness (QED) is 0.791. The third-order valence-electron chi connectivity index (χ3n) is 3.53. The molecular weight excluding hydrogens is 248 g/mol. The van der Waals surface area contributed by atoms with Crippen molar-refractivity contribution >= 4 is 16.8 Å². The van der Waals surface area contributed by atoms with Crippen molar-refractivity contribution in [1.29, 1.82) is 0 Å². The molecule has 3 heteroatoms. The average Bonchev–Trinajstić information content (AvgIpc) is 2.38. The first kappa shape index (κ1) is 14.5. The number of benzene rings is 1. The monoisotopic (exact) mass is 270 g/mol. The molecule has 2 heterocycles. The van der Waals surface area contributed by atoms with E-state index in [9.17, 15) is 4.79 Å². The molecule has 0 N–H and O–H groups in total.